The minimum Gasteiger partial charge on any atom is -0.382 e. The summed E-state index contributed by atoms with van der Waals surface area (Å²) in [4.78, 5) is 4.86. The van der Waals surface area contributed by atoms with Crippen LogP contribution in [0.3, 0.4) is 0 Å². The monoisotopic (exact) mass is 437 g/mol. The molecule has 2 aliphatic carbocycles. The Morgan fingerprint density at radius 1 is 1.04 bits per heavy atom. The van der Waals surface area contributed by atoms with Gasteiger partial charge in [0.15, 0.2) is 5.96 Å². The van der Waals surface area contributed by atoms with E-state index in [4.69, 9.17) is 9.73 Å². The number of ether oxygens (including phenoxy) is 1. The van der Waals surface area contributed by atoms with Gasteiger partial charge in [-0.05, 0) is 63.2 Å². The van der Waals surface area contributed by atoms with Crippen LogP contribution in [-0.2, 0) is 4.74 Å². The van der Waals surface area contributed by atoms with Gasteiger partial charge in [0, 0.05) is 32.8 Å². The van der Waals surface area contributed by atoms with E-state index in [1.165, 1.54) is 38.5 Å². The average molecular weight is 437 g/mol. The normalized spacial score (nSPS) is 21.1. The van der Waals surface area contributed by atoms with Gasteiger partial charge >= 0.3 is 0 Å². The van der Waals surface area contributed by atoms with Gasteiger partial charge in [-0.2, -0.15) is 0 Å². The van der Waals surface area contributed by atoms with Crippen molar-refractivity contribution in [2.75, 3.05) is 32.8 Å². The van der Waals surface area contributed by atoms with Crippen LogP contribution in [0.1, 0.15) is 65.7 Å². The van der Waals surface area contributed by atoms with Gasteiger partial charge in [-0.1, -0.05) is 13.3 Å². The molecule has 0 radical (unpaired) electrons. The van der Waals surface area contributed by atoms with E-state index in [0.29, 0.717) is 10.8 Å². The van der Waals surface area contributed by atoms with E-state index in [1.54, 1.807) is 0 Å². The molecule has 136 valence electrons. The summed E-state index contributed by atoms with van der Waals surface area (Å²) in [6.45, 7) is 11.2. The second-order valence-electron chi connectivity index (χ2n) is 7.20. The molecule has 2 aliphatic rings. The van der Waals surface area contributed by atoms with Gasteiger partial charge in [0.2, 0.25) is 0 Å². The number of rotatable bonds is 10. The quantitative estimate of drug-likeness (QED) is 0.236. The molecule has 2 fully saturated rings. The van der Waals surface area contributed by atoms with E-state index in [2.05, 4.69) is 31.4 Å². The van der Waals surface area contributed by atoms with E-state index in [-0.39, 0.29) is 24.0 Å². The van der Waals surface area contributed by atoms with Crippen molar-refractivity contribution in [3.63, 3.8) is 0 Å². The summed E-state index contributed by atoms with van der Waals surface area (Å²) in [5.74, 6) is 1.00. The zero-order chi connectivity index (χ0) is 15.9. The molecule has 0 heterocycles. The van der Waals surface area contributed by atoms with Gasteiger partial charge in [0.1, 0.15) is 0 Å². The Hall–Kier alpha value is -0.0400. The van der Waals surface area contributed by atoms with E-state index >= 15 is 0 Å². The fourth-order valence-electron chi connectivity index (χ4n) is 3.29. The van der Waals surface area contributed by atoms with Gasteiger partial charge in [0.05, 0.1) is 0 Å². The molecular weight excluding hydrogens is 401 g/mol. The van der Waals surface area contributed by atoms with E-state index < -0.39 is 0 Å². The lowest BCUT2D eigenvalue weighted by atomic mass is 9.67. The molecule has 0 unspecified atom stereocenters. The van der Waals surface area contributed by atoms with Crippen molar-refractivity contribution in [2.45, 2.75) is 65.7 Å². The highest BCUT2D eigenvalue weighted by molar-refractivity contribution is 14.0. The third-order valence-electron chi connectivity index (χ3n) is 5.65. The SMILES string of the molecule is CCNC(=NCC1(CCOCC)CC1)NCC1(CC)CCC1.I. The largest absolute Gasteiger partial charge is 0.382 e. The molecule has 2 rings (SSSR count). The van der Waals surface area contributed by atoms with Crippen molar-refractivity contribution >= 4 is 29.9 Å². The highest BCUT2D eigenvalue weighted by Gasteiger charge is 2.42. The van der Waals surface area contributed by atoms with Crippen LogP contribution >= 0.6 is 24.0 Å². The second kappa shape index (κ2) is 10.1. The molecule has 0 aromatic heterocycles. The Kier molecular flexibility index (Phi) is 9.19. The first kappa shape index (κ1) is 21.0. The van der Waals surface area contributed by atoms with Crippen molar-refractivity contribution in [2.24, 2.45) is 15.8 Å². The summed E-state index contributed by atoms with van der Waals surface area (Å²) in [6, 6.07) is 0. The molecule has 4 nitrogen and oxygen atoms in total. The summed E-state index contributed by atoms with van der Waals surface area (Å²) in [5, 5.41) is 6.99. The highest BCUT2D eigenvalue weighted by Crippen LogP contribution is 2.49. The fraction of sp³-hybridized carbons (Fsp3) is 0.944. The minimum absolute atomic E-state index is 0. The molecule has 0 aromatic carbocycles. The first-order valence-corrected chi connectivity index (χ1v) is 9.27. The van der Waals surface area contributed by atoms with Crippen LogP contribution in [0.15, 0.2) is 4.99 Å². The topological polar surface area (TPSA) is 45.7 Å². The number of hydrogen-bond acceptors (Lipinski definition) is 2. The van der Waals surface area contributed by atoms with Crippen molar-refractivity contribution in [1.29, 1.82) is 0 Å². The summed E-state index contributed by atoms with van der Waals surface area (Å²) in [7, 11) is 0. The predicted octanol–water partition coefficient (Wildman–Crippen LogP) is 3.95. The molecule has 0 atom stereocenters. The molecule has 23 heavy (non-hydrogen) atoms. The molecular formula is C18H36IN3O. The zero-order valence-corrected chi connectivity index (χ0v) is 17.6. The molecule has 2 saturated carbocycles. The van der Waals surface area contributed by atoms with Crippen LogP contribution < -0.4 is 10.6 Å². The minimum atomic E-state index is 0. The van der Waals surface area contributed by atoms with E-state index in [0.717, 1.165) is 45.2 Å². The lowest BCUT2D eigenvalue weighted by molar-refractivity contribution is 0.129. The maximum Gasteiger partial charge on any atom is 0.191 e. The van der Waals surface area contributed by atoms with Gasteiger partial charge in [-0.3, -0.25) is 4.99 Å². The van der Waals surface area contributed by atoms with E-state index in [9.17, 15) is 0 Å². The Morgan fingerprint density at radius 3 is 2.26 bits per heavy atom. The van der Waals surface area contributed by atoms with Gasteiger partial charge in [-0.15, -0.1) is 24.0 Å². The lowest BCUT2D eigenvalue weighted by Crippen LogP contribution is -2.46. The molecule has 0 aromatic rings. The van der Waals surface area contributed by atoms with Crippen LogP contribution in [0.4, 0.5) is 0 Å². The number of halogens is 1. The maximum absolute atomic E-state index is 5.51. The number of nitrogens with zero attached hydrogens (tertiary/aromatic N) is 1. The van der Waals surface area contributed by atoms with Gasteiger partial charge in [-0.25, -0.2) is 0 Å². The maximum atomic E-state index is 5.51. The molecule has 0 aliphatic heterocycles. The fourth-order valence-corrected chi connectivity index (χ4v) is 3.29. The summed E-state index contributed by atoms with van der Waals surface area (Å²) in [6.07, 6.45) is 9.18. The van der Waals surface area contributed by atoms with Crippen LogP contribution in [0, 0.1) is 10.8 Å². The van der Waals surface area contributed by atoms with Crippen LogP contribution in [0.25, 0.3) is 0 Å². The highest BCUT2D eigenvalue weighted by atomic mass is 127. The number of nitrogens with one attached hydrogen (secondary N) is 2. The van der Waals surface area contributed by atoms with Crippen molar-refractivity contribution in [3.8, 4) is 0 Å². The smallest absolute Gasteiger partial charge is 0.191 e. The third-order valence-corrected chi connectivity index (χ3v) is 5.65. The summed E-state index contributed by atoms with van der Waals surface area (Å²) in [5.41, 5.74) is 0.957. The second-order valence-corrected chi connectivity index (χ2v) is 7.20. The first-order chi connectivity index (χ1) is 10.7. The van der Waals surface area contributed by atoms with Crippen LogP contribution in [0.5, 0.6) is 0 Å². The van der Waals surface area contributed by atoms with Crippen molar-refractivity contribution < 1.29 is 4.74 Å². The Balaban J connectivity index is 0.00000264. The molecule has 0 amide bonds. The average Bonchev–Trinajstić information content (AvgIpc) is 3.24. The van der Waals surface area contributed by atoms with Crippen LogP contribution in [0.2, 0.25) is 0 Å². The summed E-state index contributed by atoms with van der Waals surface area (Å²) < 4.78 is 5.51. The Bertz CT molecular complexity index is 360. The van der Waals surface area contributed by atoms with Crippen LogP contribution in [-0.4, -0.2) is 38.8 Å². The lowest BCUT2D eigenvalue weighted by Gasteiger charge is -2.41. The number of aliphatic imine (C=N–C) groups is 1. The Morgan fingerprint density at radius 2 is 1.78 bits per heavy atom. The third kappa shape index (κ3) is 6.40. The molecule has 0 spiro atoms. The van der Waals surface area contributed by atoms with Gasteiger partial charge < -0.3 is 15.4 Å². The molecule has 5 heteroatoms. The van der Waals surface area contributed by atoms with Crippen molar-refractivity contribution in [3.05, 3.63) is 0 Å². The zero-order valence-electron chi connectivity index (χ0n) is 15.2. The molecule has 0 bridgehead atoms. The van der Waals surface area contributed by atoms with Gasteiger partial charge in [0.25, 0.3) is 0 Å². The molecule has 0 saturated heterocycles. The Labute approximate surface area is 159 Å². The molecule has 2 N–H and O–H groups in total. The predicted molar refractivity (Wildman–Crippen MR) is 109 cm³/mol. The van der Waals surface area contributed by atoms with E-state index in [1.807, 2.05) is 0 Å². The van der Waals surface area contributed by atoms with Crippen molar-refractivity contribution in [1.82, 2.24) is 10.6 Å². The number of hydrogen-bond donors (Lipinski definition) is 2. The first-order valence-electron chi connectivity index (χ1n) is 9.27. The standard InChI is InChI=1S/C18H35N3O.HI/c1-4-17(8-7-9-17)14-20-16(19-5-2)21-15-18(10-11-18)12-13-22-6-3;/h4-15H2,1-3H3,(H2,19,20,21);1H. The number of guanidine groups is 1. The summed E-state index contributed by atoms with van der Waals surface area (Å²) >= 11 is 0.